The van der Waals surface area contributed by atoms with Gasteiger partial charge < -0.3 is 15.5 Å². The van der Waals surface area contributed by atoms with Crippen molar-refractivity contribution in [2.75, 3.05) is 6.54 Å². The van der Waals surface area contributed by atoms with Crippen LogP contribution in [0.3, 0.4) is 0 Å². The highest BCUT2D eigenvalue weighted by Gasteiger charge is 2.20. The minimum absolute atomic E-state index is 0.104. The highest BCUT2D eigenvalue weighted by Crippen LogP contribution is 2.30. The van der Waals surface area contributed by atoms with Gasteiger partial charge in [0.1, 0.15) is 0 Å². The lowest BCUT2D eigenvalue weighted by Crippen LogP contribution is -2.37. The molecule has 3 N–H and O–H groups in total. The van der Waals surface area contributed by atoms with Crippen molar-refractivity contribution in [1.82, 2.24) is 5.32 Å². The molecule has 6 heteroatoms. The Kier molecular flexibility index (Phi) is 6.63. The van der Waals surface area contributed by atoms with E-state index in [0.29, 0.717) is 11.6 Å². The molecule has 3 aromatic carbocycles. The molecule has 0 fully saturated rings. The van der Waals surface area contributed by atoms with Crippen molar-refractivity contribution in [1.29, 1.82) is 0 Å². The molecule has 3 aromatic rings. The monoisotopic (exact) mass is 455 g/mol. The molecule has 0 spiro atoms. The van der Waals surface area contributed by atoms with E-state index < -0.39 is 12.1 Å². The van der Waals surface area contributed by atoms with Crippen molar-refractivity contribution >= 4 is 29.2 Å². The third kappa shape index (κ3) is 5.10. The molecule has 4 nitrogen and oxygen atoms in total. The van der Waals surface area contributed by atoms with Crippen LogP contribution in [0.5, 0.6) is 0 Å². The minimum Gasteiger partial charge on any atom is -0.478 e. The van der Waals surface area contributed by atoms with Gasteiger partial charge in [0.15, 0.2) is 0 Å². The molecule has 1 aliphatic rings. The minimum atomic E-state index is -1.03. The second kappa shape index (κ2) is 9.41. The zero-order valence-electron chi connectivity index (χ0n) is 16.8. The molecule has 1 aliphatic carbocycles. The maximum absolute atomic E-state index is 11.2. The summed E-state index contributed by atoms with van der Waals surface area (Å²) < 4.78 is 0. The number of carboxylic acids is 1. The molecule has 31 heavy (non-hydrogen) atoms. The average molecular weight is 456 g/mol. The largest absolute Gasteiger partial charge is 0.478 e. The average Bonchev–Trinajstić information content (AvgIpc) is 2.77. The van der Waals surface area contributed by atoms with Gasteiger partial charge in [-0.15, -0.1) is 0 Å². The van der Waals surface area contributed by atoms with Crippen LogP contribution in [0, 0.1) is 0 Å². The first-order valence-corrected chi connectivity index (χ1v) is 11.0. The Morgan fingerprint density at radius 1 is 1.00 bits per heavy atom. The fraction of sp³-hybridized carbons (Fsp3) is 0.240. The molecule has 2 atom stereocenters. The van der Waals surface area contributed by atoms with E-state index >= 15 is 0 Å². The first kappa shape index (κ1) is 21.8. The molecule has 0 unspecified atom stereocenters. The van der Waals surface area contributed by atoms with E-state index in [0.717, 1.165) is 36.0 Å². The Morgan fingerprint density at radius 3 is 2.42 bits per heavy atom. The zero-order chi connectivity index (χ0) is 22.0. The summed E-state index contributed by atoms with van der Waals surface area (Å²) in [5.41, 5.74) is 5.45. The van der Waals surface area contributed by atoms with E-state index in [1.807, 2.05) is 12.1 Å². The number of aryl methyl sites for hydroxylation is 1. The predicted octanol–water partition coefficient (Wildman–Crippen LogP) is 5.54. The summed E-state index contributed by atoms with van der Waals surface area (Å²) in [5.74, 6) is -1.03. The molecule has 0 aliphatic heterocycles. The summed E-state index contributed by atoms with van der Waals surface area (Å²) in [5, 5.41) is 24.0. The Bertz CT molecular complexity index is 1100. The number of carbonyl (C=O) groups is 1. The summed E-state index contributed by atoms with van der Waals surface area (Å²) in [6, 6.07) is 18.9. The first-order valence-electron chi connectivity index (χ1n) is 10.2. The van der Waals surface area contributed by atoms with Crippen molar-refractivity contribution in [3.05, 3.63) is 93.0 Å². The SMILES string of the molecule is O=C(O)c1ccc(-c2ccc3c(c2)C[C@@H](NC[C@H](O)c2ccc(Cl)cc2)CC3)cc1Cl. The molecule has 0 amide bonds. The number of carboxylic acid groups (broad SMARTS) is 1. The van der Waals surface area contributed by atoms with Crippen molar-refractivity contribution in [3.63, 3.8) is 0 Å². The number of halogens is 2. The molecule has 0 saturated heterocycles. The molecular formula is C25H23Cl2NO3. The molecule has 0 heterocycles. The standard InChI is InChI=1S/C25H23Cl2NO3/c26-20-7-3-16(4-8-20)24(29)14-28-21-9-5-15-1-2-17(11-19(15)12-21)18-6-10-22(25(30)31)23(27)13-18/h1-4,6-8,10-11,13,21,24,28-29H,5,9,12,14H2,(H,30,31)/t21-,24-/m0/s1. The second-order valence-electron chi connectivity index (χ2n) is 7.90. The van der Waals surface area contributed by atoms with Crippen molar-refractivity contribution in [3.8, 4) is 11.1 Å². The lowest BCUT2D eigenvalue weighted by Gasteiger charge is -2.27. The number of benzene rings is 3. The summed E-state index contributed by atoms with van der Waals surface area (Å²) in [7, 11) is 0. The summed E-state index contributed by atoms with van der Waals surface area (Å²) in [6.07, 6.45) is 2.28. The smallest absolute Gasteiger partial charge is 0.337 e. The van der Waals surface area contributed by atoms with Gasteiger partial charge in [0.05, 0.1) is 16.7 Å². The van der Waals surface area contributed by atoms with E-state index in [4.69, 9.17) is 23.2 Å². The van der Waals surface area contributed by atoms with Crippen LogP contribution >= 0.6 is 23.2 Å². The summed E-state index contributed by atoms with van der Waals surface area (Å²) in [4.78, 5) is 11.2. The van der Waals surface area contributed by atoms with Crippen LogP contribution < -0.4 is 5.32 Å². The molecule has 0 bridgehead atoms. The van der Waals surface area contributed by atoms with E-state index in [1.165, 1.54) is 11.1 Å². The number of fused-ring (bicyclic) bond motifs is 1. The molecule has 0 radical (unpaired) electrons. The maximum Gasteiger partial charge on any atom is 0.337 e. The zero-order valence-corrected chi connectivity index (χ0v) is 18.3. The Hall–Kier alpha value is -2.37. The van der Waals surface area contributed by atoms with Crippen LogP contribution in [0.4, 0.5) is 0 Å². The van der Waals surface area contributed by atoms with Gasteiger partial charge in [-0.25, -0.2) is 4.79 Å². The van der Waals surface area contributed by atoms with Crippen molar-refractivity contribution in [2.24, 2.45) is 0 Å². The van der Waals surface area contributed by atoms with Crippen molar-refractivity contribution in [2.45, 2.75) is 31.4 Å². The third-order valence-corrected chi connectivity index (χ3v) is 6.39. The van der Waals surface area contributed by atoms with Crippen LogP contribution in [-0.2, 0) is 12.8 Å². The number of aromatic carboxylic acids is 1. The number of aliphatic hydroxyl groups is 1. The number of aliphatic hydroxyl groups excluding tert-OH is 1. The van der Waals surface area contributed by atoms with E-state index in [2.05, 4.69) is 23.5 Å². The highest BCUT2D eigenvalue weighted by atomic mass is 35.5. The number of nitrogens with one attached hydrogen (secondary N) is 1. The Labute approximate surface area is 191 Å². The Morgan fingerprint density at radius 2 is 1.71 bits per heavy atom. The molecular weight excluding hydrogens is 433 g/mol. The maximum atomic E-state index is 11.2. The fourth-order valence-electron chi connectivity index (χ4n) is 4.06. The fourth-order valence-corrected chi connectivity index (χ4v) is 4.45. The van der Waals surface area contributed by atoms with Crippen LogP contribution in [0.25, 0.3) is 11.1 Å². The van der Waals surface area contributed by atoms with E-state index in [9.17, 15) is 15.0 Å². The van der Waals surface area contributed by atoms with Gasteiger partial charge in [0, 0.05) is 17.6 Å². The van der Waals surface area contributed by atoms with Gasteiger partial charge in [-0.2, -0.15) is 0 Å². The Balaban J connectivity index is 1.44. The molecule has 160 valence electrons. The van der Waals surface area contributed by atoms with Crippen LogP contribution in [-0.4, -0.2) is 28.8 Å². The molecule has 0 aromatic heterocycles. The van der Waals surface area contributed by atoms with E-state index in [1.54, 1.807) is 30.3 Å². The van der Waals surface area contributed by atoms with Crippen LogP contribution in [0.1, 0.15) is 39.6 Å². The quantitative estimate of drug-likeness (QED) is 0.456. The van der Waals surface area contributed by atoms with Crippen molar-refractivity contribution < 1.29 is 15.0 Å². The third-order valence-electron chi connectivity index (χ3n) is 5.82. The first-order chi connectivity index (χ1) is 14.9. The van der Waals surface area contributed by atoms with Gasteiger partial charge in [-0.05, 0) is 71.3 Å². The van der Waals surface area contributed by atoms with Crippen LogP contribution in [0.15, 0.2) is 60.7 Å². The topological polar surface area (TPSA) is 69.6 Å². The van der Waals surface area contributed by atoms with Gasteiger partial charge in [0.25, 0.3) is 0 Å². The number of rotatable bonds is 6. The molecule has 4 rings (SSSR count). The van der Waals surface area contributed by atoms with Crippen LogP contribution in [0.2, 0.25) is 10.0 Å². The predicted molar refractivity (Wildman–Crippen MR) is 124 cm³/mol. The van der Waals surface area contributed by atoms with Gasteiger partial charge in [0.2, 0.25) is 0 Å². The van der Waals surface area contributed by atoms with Gasteiger partial charge >= 0.3 is 5.97 Å². The van der Waals surface area contributed by atoms with E-state index in [-0.39, 0.29) is 16.6 Å². The number of hydrogen-bond acceptors (Lipinski definition) is 3. The lowest BCUT2D eigenvalue weighted by molar-refractivity contribution is 0.0697. The van der Waals surface area contributed by atoms with Gasteiger partial charge in [-0.3, -0.25) is 0 Å². The number of hydrogen-bond donors (Lipinski definition) is 3. The molecule has 0 saturated carbocycles. The summed E-state index contributed by atoms with van der Waals surface area (Å²) >= 11 is 12.1. The van der Waals surface area contributed by atoms with Gasteiger partial charge in [-0.1, -0.05) is 59.6 Å². The summed E-state index contributed by atoms with van der Waals surface area (Å²) in [6.45, 7) is 0.480. The highest BCUT2D eigenvalue weighted by molar-refractivity contribution is 6.33. The second-order valence-corrected chi connectivity index (χ2v) is 8.74. The lowest BCUT2D eigenvalue weighted by atomic mass is 9.86. The normalized spacial score (nSPS) is 16.5.